The van der Waals surface area contributed by atoms with E-state index in [2.05, 4.69) is 0 Å². The highest BCUT2D eigenvalue weighted by Crippen LogP contribution is 2.28. The highest BCUT2D eigenvalue weighted by molar-refractivity contribution is 5.89. The van der Waals surface area contributed by atoms with Gasteiger partial charge in [0.25, 0.3) is 0 Å². The van der Waals surface area contributed by atoms with Crippen molar-refractivity contribution in [3.63, 3.8) is 0 Å². The van der Waals surface area contributed by atoms with Crippen LogP contribution in [-0.2, 0) is 4.74 Å². The monoisotopic (exact) mass is 221 g/mol. The Kier molecular flexibility index (Phi) is 3.22. The second kappa shape index (κ2) is 4.63. The standard InChI is InChI=1S/C12H15NO3/c13-11(8-5-6-16-7-8)9-3-1-2-4-10(9)12(14)15/h1-4,8,11H,5-7,13H2,(H,14,15). The van der Waals surface area contributed by atoms with E-state index >= 15 is 0 Å². The molecule has 0 amide bonds. The zero-order valence-electron chi connectivity index (χ0n) is 8.93. The fourth-order valence-electron chi connectivity index (χ4n) is 2.07. The van der Waals surface area contributed by atoms with E-state index in [0.717, 1.165) is 6.42 Å². The molecule has 4 nitrogen and oxygen atoms in total. The van der Waals surface area contributed by atoms with Gasteiger partial charge in [-0.15, -0.1) is 0 Å². The number of rotatable bonds is 3. The van der Waals surface area contributed by atoms with Crippen molar-refractivity contribution in [3.05, 3.63) is 35.4 Å². The summed E-state index contributed by atoms with van der Waals surface area (Å²) in [5.41, 5.74) is 7.09. The first-order valence-electron chi connectivity index (χ1n) is 5.35. The number of aromatic carboxylic acids is 1. The van der Waals surface area contributed by atoms with Gasteiger partial charge in [0.2, 0.25) is 0 Å². The van der Waals surface area contributed by atoms with Crippen LogP contribution in [-0.4, -0.2) is 24.3 Å². The summed E-state index contributed by atoms with van der Waals surface area (Å²) in [5.74, 6) is -0.703. The van der Waals surface area contributed by atoms with Crippen LogP contribution in [0.4, 0.5) is 0 Å². The molecule has 86 valence electrons. The van der Waals surface area contributed by atoms with E-state index in [1.807, 2.05) is 6.07 Å². The molecular weight excluding hydrogens is 206 g/mol. The van der Waals surface area contributed by atoms with Crippen molar-refractivity contribution in [2.75, 3.05) is 13.2 Å². The molecule has 2 rings (SSSR count). The van der Waals surface area contributed by atoms with Crippen molar-refractivity contribution >= 4 is 5.97 Å². The highest BCUT2D eigenvalue weighted by Gasteiger charge is 2.26. The van der Waals surface area contributed by atoms with Gasteiger partial charge in [0.05, 0.1) is 12.2 Å². The molecular formula is C12H15NO3. The van der Waals surface area contributed by atoms with E-state index in [1.54, 1.807) is 18.2 Å². The predicted octanol–water partition coefficient (Wildman–Crippen LogP) is 1.42. The van der Waals surface area contributed by atoms with Gasteiger partial charge < -0.3 is 15.6 Å². The third-order valence-electron chi connectivity index (χ3n) is 3.02. The summed E-state index contributed by atoms with van der Waals surface area (Å²) >= 11 is 0. The average Bonchev–Trinajstić information content (AvgIpc) is 2.81. The van der Waals surface area contributed by atoms with Gasteiger partial charge in [-0.25, -0.2) is 4.79 Å². The number of carbonyl (C=O) groups is 1. The number of carboxylic acid groups (broad SMARTS) is 1. The lowest BCUT2D eigenvalue weighted by Gasteiger charge is -2.19. The zero-order valence-corrected chi connectivity index (χ0v) is 8.93. The minimum absolute atomic E-state index is 0.223. The molecule has 1 saturated heterocycles. The van der Waals surface area contributed by atoms with Crippen LogP contribution in [0.25, 0.3) is 0 Å². The highest BCUT2D eigenvalue weighted by atomic mass is 16.5. The van der Waals surface area contributed by atoms with Crippen LogP contribution < -0.4 is 5.73 Å². The molecule has 4 heteroatoms. The minimum atomic E-state index is -0.926. The van der Waals surface area contributed by atoms with Gasteiger partial charge in [0.1, 0.15) is 0 Å². The van der Waals surface area contributed by atoms with Crippen molar-refractivity contribution in [2.45, 2.75) is 12.5 Å². The minimum Gasteiger partial charge on any atom is -0.478 e. The van der Waals surface area contributed by atoms with E-state index in [4.69, 9.17) is 15.6 Å². The summed E-state index contributed by atoms with van der Waals surface area (Å²) in [6.07, 6.45) is 0.898. The first kappa shape index (κ1) is 11.1. The Morgan fingerprint density at radius 1 is 1.50 bits per heavy atom. The molecule has 2 unspecified atom stereocenters. The van der Waals surface area contributed by atoms with Crippen LogP contribution in [0.3, 0.4) is 0 Å². The molecule has 3 N–H and O–H groups in total. The maximum atomic E-state index is 11.1. The van der Waals surface area contributed by atoms with Crippen LogP contribution >= 0.6 is 0 Å². The van der Waals surface area contributed by atoms with E-state index in [-0.39, 0.29) is 12.0 Å². The number of carboxylic acids is 1. The number of benzene rings is 1. The van der Waals surface area contributed by atoms with Gasteiger partial charge in [0, 0.05) is 18.6 Å². The third-order valence-corrected chi connectivity index (χ3v) is 3.02. The van der Waals surface area contributed by atoms with Gasteiger partial charge in [0.15, 0.2) is 0 Å². The molecule has 1 aromatic carbocycles. The Morgan fingerprint density at radius 2 is 2.25 bits per heavy atom. The van der Waals surface area contributed by atoms with E-state index in [1.165, 1.54) is 0 Å². The average molecular weight is 221 g/mol. The van der Waals surface area contributed by atoms with E-state index < -0.39 is 5.97 Å². The maximum Gasteiger partial charge on any atom is 0.336 e. The molecule has 1 fully saturated rings. The Hall–Kier alpha value is -1.39. The number of ether oxygens (including phenoxy) is 1. The first-order chi connectivity index (χ1) is 7.70. The van der Waals surface area contributed by atoms with Crippen molar-refractivity contribution in [2.24, 2.45) is 11.7 Å². The fraction of sp³-hybridized carbons (Fsp3) is 0.417. The van der Waals surface area contributed by atoms with Gasteiger partial charge in [-0.1, -0.05) is 18.2 Å². The van der Waals surface area contributed by atoms with Gasteiger partial charge >= 0.3 is 5.97 Å². The van der Waals surface area contributed by atoms with Crippen LogP contribution in [0.1, 0.15) is 28.4 Å². The predicted molar refractivity (Wildman–Crippen MR) is 59.3 cm³/mol. The van der Waals surface area contributed by atoms with Gasteiger partial charge in [-0.3, -0.25) is 0 Å². The van der Waals surface area contributed by atoms with Crippen molar-refractivity contribution < 1.29 is 14.6 Å². The number of nitrogens with two attached hydrogens (primary N) is 1. The van der Waals surface area contributed by atoms with Crippen molar-refractivity contribution in [1.29, 1.82) is 0 Å². The molecule has 1 aliphatic rings. The summed E-state index contributed by atoms with van der Waals surface area (Å²) in [4.78, 5) is 11.1. The van der Waals surface area contributed by atoms with Crippen molar-refractivity contribution in [3.8, 4) is 0 Å². The van der Waals surface area contributed by atoms with Crippen LogP contribution in [0.5, 0.6) is 0 Å². The third kappa shape index (κ3) is 2.08. The summed E-state index contributed by atoms with van der Waals surface area (Å²) < 4.78 is 5.27. The van der Waals surface area contributed by atoms with Gasteiger partial charge in [-0.05, 0) is 18.1 Å². The van der Waals surface area contributed by atoms with E-state index in [9.17, 15) is 4.79 Å². The second-order valence-electron chi connectivity index (χ2n) is 4.04. The van der Waals surface area contributed by atoms with Gasteiger partial charge in [-0.2, -0.15) is 0 Å². The molecule has 0 radical (unpaired) electrons. The van der Waals surface area contributed by atoms with Crippen molar-refractivity contribution in [1.82, 2.24) is 0 Å². The molecule has 2 atom stereocenters. The molecule has 0 aromatic heterocycles. The number of hydrogen-bond donors (Lipinski definition) is 2. The second-order valence-corrected chi connectivity index (χ2v) is 4.04. The molecule has 0 bridgehead atoms. The Bertz CT molecular complexity index is 386. The molecule has 0 saturated carbocycles. The molecule has 0 aliphatic carbocycles. The molecule has 1 aliphatic heterocycles. The lowest BCUT2D eigenvalue weighted by Crippen LogP contribution is -2.23. The molecule has 16 heavy (non-hydrogen) atoms. The quantitative estimate of drug-likeness (QED) is 0.809. The summed E-state index contributed by atoms with van der Waals surface area (Å²) in [5, 5.41) is 9.07. The molecule has 1 heterocycles. The largest absolute Gasteiger partial charge is 0.478 e. The summed E-state index contributed by atoms with van der Waals surface area (Å²) in [6.45, 7) is 1.34. The molecule has 1 aromatic rings. The fourth-order valence-corrected chi connectivity index (χ4v) is 2.07. The Labute approximate surface area is 94.0 Å². The molecule has 0 spiro atoms. The van der Waals surface area contributed by atoms with Crippen LogP contribution in [0.2, 0.25) is 0 Å². The van der Waals surface area contributed by atoms with Crippen LogP contribution in [0.15, 0.2) is 24.3 Å². The van der Waals surface area contributed by atoms with Crippen LogP contribution in [0, 0.1) is 5.92 Å². The summed E-state index contributed by atoms with van der Waals surface area (Å²) in [6, 6.07) is 6.65. The maximum absolute atomic E-state index is 11.1. The smallest absolute Gasteiger partial charge is 0.336 e. The topological polar surface area (TPSA) is 72.6 Å². The lowest BCUT2D eigenvalue weighted by atomic mass is 9.90. The lowest BCUT2D eigenvalue weighted by molar-refractivity contribution is 0.0694. The first-order valence-corrected chi connectivity index (χ1v) is 5.35. The zero-order chi connectivity index (χ0) is 11.5. The number of hydrogen-bond acceptors (Lipinski definition) is 3. The Balaban J connectivity index is 2.27. The summed E-state index contributed by atoms with van der Waals surface area (Å²) in [7, 11) is 0. The van der Waals surface area contributed by atoms with E-state index in [0.29, 0.717) is 24.3 Å². The Morgan fingerprint density at radius 3 is 2.88 bits per heavy atom. The normalized spacial score (nSPS) is 21.9. The SMILES string of the molecule is NC(c1ccccc1C(=O)O)C1CCOC1.